The van der Waals surface area contributed by atoms with E-state index in [1.165, 1.54) is 4.80 Å². The van der Waals surface area contributed by atoms with Gasteiger partial charge in [0.2, 0.25) is 0 Å². The van der Waals surface area contributed by atoms with Gasteiger partial charge in [-0.3, -0.25) is 0 Å². The molecule has 8 heteroatoms. The number of hydrogen-bond donors (Lipinski definition) is 1. The van der Waals surface area contributed by atoms with E-state index in [-0.39, 0.29) is 12.2 Å². The topological polar surface area (TPSA) is 55.6 Å². The Kier molecular flexibility index (Phi) is 2.94. The number of anilines is 1. The highest BCUT2D eigenvalue weighted by atomic mass is 19.2. The van der Waals surface area contributed by atoms with Gasteiger partial charge in [0.05, 0.1) is 13.6 Å². The number of hydrogen-bond acceptors (Lipinski definition) is 4. The molecule has 1 aromatic carbocycles. The first-order valence-corrected chi connectivity index (χ1v) is 4.67. The van der Waals surface area contributed by atoms with Crippen molar-refractivity contribution in [3.8, 4) is 0 Å². The van der Waals surface area contributed by atoms with Gasteiger partial charge in [-0.25, -0.2) is 13.2 Å². The Morgan fingerprint density at radius 2 is 1.88 bits per heavy atom. The van der Waals surface area contributed by atoms with Gasteiger partial charge in [0, 0.05) is 17.8 Å². The predicted molar refractivity (Wildman–Crippen MR) is 52.4 cm³/mol. The minimum absolute atomic E-state index is 0.105. The molecule has 17 heavy (non-hydrogen) atoms. The van der Waals surface area contributed by atoms with Gasteiger partial charge in [0.15, 0.2) is 23.3 Å². The van der Waals surface area contributed by atoms with Crippen molar-refractivity contribution in [3.05, 3.63) is 35.4 Å². The summed E-state index contributed by atoms with van der Waals surface area (Å²) < 4.78 is 38.4. The molecule has 0 aliphatic carbocycles. The Balaban J connectivity index is 2.09. The monoisotopic (exact) mass is 243 g/mol. The molecule has 0 atom stereocenters. The molecule has 2 rings (SSSR count). The molecule has 0 fully saturated rings. The van der Waals surface area contributed by atoms with Crippen LogP contribution in [0.25, 0.3) is 0 Å². The van der Waals surface area contributed by atoms with E-state index in [4.69, 9.17) is 0 Å². The molecule has 2 aromatic rings. The SMILES string of the molecule is Cn1nnc(CNc2cc(F)c(F)c(F)c2)n1. The van der Waals surface area contributed by atoms with E-state index in [1.807, 2.05) is 0 Å². The minimum atomic E-state index is -1.49. The van der Waals surface area contributed by atoms with E-state index in [0.29, 0.717) is 5.82 Å². The lowest BCUT2D eigenvalue weighted by Crippen LogP contribution is -2.04. The van der Waals surface area contributed by atoms with Crippen LogP contribution in [0.2, 0.25) is 0 Å². The Morgan fingerprint density at radius 1 is 1.24 bits per heavy atom. The van der Waals surface area contributed by atoms with Crippen LogP contribution in [0.1, 0.15) is 5.82 Å². The van der Waals surface area contributed by atoms with Gasteiger partial charge in [0.25, 0.3) is 0 Å². The number of nitrogens with zero attached hydrogens (tertiary/aromatic N) is 4. The highest BCUT2D eigenvalue weighted by Gasteiger charge is 2.10. The fourth-order valence-corrected chi connectivity index (χ4v) is 1.23. The number of rotatable bonds is 3. The molecule has 1 N–H and O–H groups in total. The normalized spacial score (nSPS) is 10.6. The number of aromatic nitrogens is 4. The minimum Gasteiger partial charge on any atom is -0.377 e. The number of aryl methyl sites for hydroxylation is 1. The molecular weight excluding hydrogens is 235 g/mol. The highest BCUT2D eigenvalue weighted by molar-refractivity contribution is 5.44. The van der Waals surface area contributed by atoms with Crippen LogP contribution in [0.5, 0.6) is 0 Å². The van der Waals surface area contributed by atoms with Crippen molar-refractivity contribution in [1.82, 2.24) is 20.2 Å². The molecule has 0 bridgehead atoms. The van der Waals surface area contributed by atoms with Crippen LogP contribution in [0.4, 0.5) is 18.9 Å². The van der Waals surface area contributed by atoms with Crippen molar-refractivity contribution in [2.24, 2.45) is 7.05 Å². The number of benzene rings is 1. The van der Waals surface area contributed by atoms with Crippen LogP contribution in [-0.2, 0) is 13.6 Å². The third-order valence-corrected chi connectivity index (χ3v) is 1.98. The number of tetrazole rings is 1. The summed E-state index contributed by atoms with van der Waals surface area (Å²) in [5.74, 6) is -3.63. The molecule has 5 nitrogen and oxygen atoms in total. The maximum Gasteiger partial charge on any atom is 0.194 e. The van der Waals surface area contributed by atoms with E-state index < -0.39 is 17.5 Å². The second-order valence-electron chi connectivity index (χ2n) is 3.30. The second kappa shape index (κ2) is 4.40. The first-order chi connectivity index (χ1) is 8.06. The predicted octanol–water partition coefficient (Wildman–Crippen LogP) is 1.24. The molecule has 0 radical (unpaired) electrons. The van der Waals surface area contributed by atoms with E-state index in [9.17, 15) is 13.2 Å². The third-order valence-electron chi connectivity index (χ3n) is 1.98. The van der Waals surface area contributed by atoms with E-state index >= 15 is 0 Å². The molecule has 1 heterocycles. The molecule has 0 aliphatic heterocycles. The molecule has 0 spiro atoms. The zero-order chi connectivity index (χ0) is 12.4. The van der Waals surface area contributed by atoms with Gasteiger partial charge >= 0.3 is 0 Å². The van der Waals surface area contributed by atoms with Crippen LogP contribution in [0.3, 0.4) is 0 Å². The Morgan fingerprint density at radius 3 is 2.41 bits per heavy atom. The quantitative estimate of drug-likeness (QED) is 0.824. The van der Waals surface area contributed by atoms with Gasteiger partial charge in [-0.15, -0.1) is 10.2 Å². The molecule has 0 aliphatic rings. The van der Waals surface area contributed by atoms with Crippen LogP contribution in [-0.4, -0.2) is 20.2 Å². The number of nitrogens with one attached hydrogen (secondary N) is 1. The lowest BCUT2D eigenvalue weighted by Gasteiger charge is -2.04. The Bertz CT molecular complexity index is 516. The molecule has 90 valence electrons. The summed E-state index contributed by atoms with van der Waals surface area (Å²) in [6, 6.07) is 1.71. The highest BCUT2D eigenvalue weighted by Crippen LogP contribution is 2.17. The summed E-state index contributed by atoms with van der Waals surface area (Å²) in [5.41, 5.74) is 0.105. The average molecular weight is 243 g/mol. The maximum atomic E-state index is 12.9. The average Bonchev–Trinajstić information content (AvgIpc) is 2.69. The fourth-order valence-electron chi connectivity index (χ4n) is 1.23. The van der Waals surface area contributed by atoms with Crippen molar-refractivity contribution in [1.29, 1.82) is 0 Å². The van der Waals surface area contributed by atoms with Crippen LogP contribution < -0.4 is 5.32 Å². The van der Waals surface area contributed by atoms with Crippen LogP contribution in [0.15, 0.2) is 12.1 Å². The fraction of sp³-hybridized carbons (Fsp3) is 0.222. The molecule has 1 aromatic heterocycles. The first kappa shape index (κ1) is 11.4. The summed E-state index contributed by atoms with van der Waals surface area (Å²) >= 11 is 0. The van der Waals surface area contributed by atoms with E-state index in [2.05, 4.69) is 20.7 Å². The zero-order valence-corrected chi connectivity index (χ0v) is 8.78. The van der Waals surface area contributed by atoms with Crippen molar-refractivity contribution in [2.75, 3.05) is 5.32 Å². The van der Waals surface area contributed by atoms with Gasteiger partial charge < -0.3 is 5.32 Å². The molecular formula is C9H8F3N5. The molecule has 0 unspecified atom stereocenters. The summed E-state index contributed by atoms with van der Waals surface area (Å²) in [6.07, 6.45) is 0. The first-order valence-electron chi connectivity index (χ1n) is 4.67. The summed E-state index contributed by atoms with van der Waals surface area (Å²) in [5, 5.41) is 13.8. The maximum absolute atomic E-state index is 12.9. The summed E-state index contributed by atoms with van der Waals surface area (Å²) in [7, 11) is 1.59. The standard InChI is InChI=1S/C9H8F3N5/c1-17-15-8(14-16-17)4-13-5-2-6(10)9(12)7(11)3-5/h2-3,13H,4H2,1H3. The lowest BCUT2D eigenvalue weighted by molar-refractivity contribution is 0.447. The largest absolute Gasteiger partial charge is 0.377 e. The smallest absolute Gasteiger partial charge is 0.194 e. The zero-order valence-electron chi connectivity index (χ0n) is 8.78. The van der Waals surface area contributed by atoms with Gasteiger partial charge in [-0.1, -0.05) is 0 Å². The second-order valence-corrected chi connectivity index (χ2v) is 3.30. The van der Waals surface area contributed by atoms with Gasteiger partial charge in [-0.2, -0.15) is 4.80 Å². The van der Waals surface area contributed by atoms with Crippen molar-refractivity contribution >= 4 is 5.69 Å². The molecule has 0 saturated heterocycles. The van der Waals surface area contributed by atoms with E-state index in [1.54, 1.807) is 7.05 Å². The Labute approximate surface area is 94.2 Å². The molecule has 0 amide bonds. The number of halogens is 3. The Hall–Kier alpha value is -2.12. The molecule has 0 saturated carbocycles. The van der Waals surface area contributed by atoms with Crippen molar-refractivity contribution in [2.45, 2.75) is 6.54 Å². The van der Waals surface area contributed by atoms with Crippen molar-refractivity contribution < 1.29 is 13.2 Å². The summed E-state index contributed by atoms with van der Waals surface area (Å²) in [6.45, 7) is 0.137. The van der Waals surface area contributed by atoms with Gasteiger partial charge in [0.1, 0.15) is 0 Å². The van der Waals surface area contributed by atoms with Gasteiger partial charge in [-0.05, 0) is 5.21 Å². The van der Waals surface area contributed by atoms with Crippen LogP contribution in [0, 0.1) is 17.5 Å². The third kappa shape index (κ3) is 2.52. The lowest BCUT2D eigenvalue weighted by atomic mass is 10.3. The van der Waals surface area contributed by atoms with Crippen LogP contribution >= 0.6 is 0 Å². The van der Waals surface area contributed by atoms with E-state index in [0.717, 1.165) is 12.1 Å². The summed E-state index contributed by atoms with van der Waals surface area (Å²) in [4.78, 5) is 1.25. The van der Waals surface area contributed by atoms with Crippen molar-refractivity contribution in [3.63, 3.8) is 0 Å².